The van der Waals surface area contributed by atoms with Gasteiger partial charge in [0.2, 0.25) is 11.8 Å². The molecule has 0 spiro atoms. The molecule has 0 aromatic heterocycles. The largest absolute Gasteiger partial charge is 0.303 e. The van der Waals surface area contributed by atoms with Gasteiger partial charge < -0.3 is 4.90 Å². The van der Waals surface area contributed by atoms with Gasteiger partial charge in [0.25, 0.3) is 0 Å². The van der Waals surface area contributed by atoms with E-state index in [0.717, 1.165) is 19.6 Å². The summed E-state index contributed by atoms with van der Waals surface area (Å²) >= 11 is 0. The van der Waals surface area contributed by atoms with Crippen LogP contribution in [0.4, 0.5) is 0 Å². The summed E-state index contributed by atoms with van der Waals surface area (Å²) in [6.45, 7) is 3.14. The Morgan fingerprint density at radius 2 is 1.60 bits per heavy atom. The molecule has 1 aliphatic carbocycles. The van der Waals surface area contributed by atoms with Gasteiger partial charge >= 0.3 is 0 Å². The molecule has 0 saturated carbocycles. The summed E-state index contributed by atoms with van der Waals surface area (Å²) in [5.74, 6) is -0.240. The second-order valence-electron chi connectivity index (χ2n) is 7.40. The molecule has 2 saturated heterocycles. The zero-order valence-corrected chi connectivity index (χ0v) is 14.7. The van der Waals surface area contributed by atoms with Crippen LogP contribution in [0.2, 0.25) is 0 Å². The van der Waals surface area contributed by atoms with Gasteiger partial charge in [0.1, 0.15) is 0 Å². The van der Waals surface area contributed by atoms with E-state index in [2.05, 4.69) is 41.1 Å². The zero-order chi connectivity index (χ0) is 17.4. The molecular weight excluding hydrogens is 314 g/mol. The molecule has 5 heteroatoms. The van der Waals surface area contributed by atoms with Crippen molar-refractivity contribution < 1.29 is 9.59 Å². The fourth-order valence-corrected chi connectivity index (χ4v) is 4.31. The van der Waals surface area contributed by atoms with Crippen LogP contribution in [0.15, 0.2) is 42.5 Å². The number of nitrogens with zero attached hydrogens (tertiary/aromatic N) is 3. The standard InChI is InChI=1S/C20H25N3O2/c1-21-11-12-22(18(13-21)15-7-3-2-4-8-15)14-23-19(24)16-9-5-6-10-17(16)20(23)25/h2-8,16-18H,9-14H2,1H3/t16-,17+,18-/m0/s1. The summed E-state index contributed by atoms with van der Waals surface area (Å²) < 4.78 is 0. The summed E-state index contributed by atoms with van der Waals surface area (Å²) in [5, 5.41) is 0. The first-order valence-corrected chi connectivity index (χ1v) is 9.13. The van der Waals surface area contributed by atoms with Crippen molar-refractivity contribution in [1.29, 1.82) is 0 Å². The molecule has 2 fully saturated rings. The van der Waals surface area contributed by atoms with E-state index in [1.807, 2.05) is 18.2 Å². The summed E-state index contributed by atoms with van der Waals surface area (Å²) in [6.07, 6.45) is 5.49. The molecule has 1 aromatic carbocycles. The lowest BCUT2D eigenvalue weighted by atomic mass is 9.85. The minimum atomic E-state index is -0.139. The fourth-order valence-electron chi connectivity index (χ4n) is 4.31. The number of hydrogen-bond acceptors (Lipinski definition) is 4. The molecule has 0 unspecified atom stereocenters. The van der Waals surface area contributed by atoms with E-state index in [1.54, 1.807) is 0 Å². The molecule has 0 radical (unpaired) electrons. The smallest absolute Gasteiger partial charge is 0.234 e. The number of carbonyl (C=O) groups is 2. The Bertz CT molecular complexity index is 661. The highest BCUT2D eigenvalue weighted by Crippen LogP contribution is 2.36. The zero-order valence-electron chi connectivity index (χ0n) is 14.7. The maximum atomic E-state index is 12.8. The van der Waals surface area contributed by atoms with Gasteiger partial charge in [-0.15, -0.1) is 0 Å². The Hall–Kier alpha value is -1.98. The number of rotatable bonds is 3. The first-order chi connectivity index (χ1) is 12.1. The second kappa shape index (κ2) is 6.73. The van der Waals surface area contributed by atoms with Crippen molar-refractivity contribution in [1.82, 2.24) is 14.7 Å². The normalized spacial score (nSPS) is 30.8. The van der Waals surface area contributed by atoms with Crippen LogP contribution < -0.4 is 0 Å². The third-order valence-corrected chi connectivity index (χ3v) is 5.80. The predicted molar refractivity (Wildman–Crippen MR) is 95.5 cm³/mol. The van der Waals surface area contributed by atoms with Crippen LogP contribution in [0.3, 0.4) is 0 Å². The number of allylic oxidation sites excluding steroid dienone is 2. The fraction of sp³-hybridized carbons (Fsp3) is 0.500. The Balaban J connectivity index is 1.54. The monoisotopic (exact) mass is 339 g/mol. The number of fused-ring (bicyclic) bond motifs is 1. The number of likely N-dealkylation sites (N-methyl/N-ethyl adjacent to an activating group) is 1. The lowest BCUT2D eigenvalue weighted by molar-refractivity contribution is -0.143. The van der Waals surface area contributed by atoms with Gasteiger partial charge in [-0.05, 0) is 25.5 Å². The van der Waals surface area contributed by atoms with E-state index in [-0.39, 0.29) is 29.7 Å². The Morgan fingerprint density at radius 1 is 0.960 bits per heavy atom. The van der Waals surface area contributed by atoms with Crippen LogP contribution in [-0.2, 0) is 9.59 Å². The van der Waals surface area contributed by atoms with E-state index in [4.69, 9.17) is 0 Å². The van der Waals surface area contributed by atoms with Crippen molar-refractivity contribution in [2.45, 2.75) is 18.9 Å². The van der Waals surface area contributed by atoms with E-state index < -0.39 is 0 Å². The molecule has 0 N–H and O–H groups in total. The topological polar surface area (TPSA) is 43.9 Å². The molecule has 2 amide bonds. The Kier molecular flexibility index (Phi) is 4.44. The van der Waals surface area contributed by atoms with Crippen molar-refractivity contribution >= 4 is 11.8 Å². The van der Waals surface area contributed by atoms with Gasteiger partial charge in [-0.3, -0.25) is 19.4 Å². The van der Waals surface area contributed by atoms with Gasteiger partial charge in [-0.25, -0.2) is 0 Å². The number of benzene rings is 1. The summed E-state index contributed by atoms with van der Waals surface area (Å²) in [6, 6.07) is 10.6. The number of amides is 2. The first kappa shape index (κ1) is 16.5. The van der Waals surface area contributed by atoms with Crippen LogP contribution in [-0.4, -0.2) is 59.9 Å². The molecule has 132 valence electrons. The van der Waals surface area contributed by atoms with E-state index in [9.17, 15) is 9.59 Å². The van der Waals surface area contributed by atoms with Crippen LogP contribution in [0.5, 0.6) is 0 Å². The van der Waals surface area contributed by atoms with Gasteiger partial charge in [0.15, 0.2) is 0 Å². The Labute approximate surface area is 148 Å². The van der Waals surface area contributed by atoms with Gasteiger partial charge in [-0.2, -0.15) is 0 Å². The molecule has 2 heterocycles. The van der Waals surface area contributed by atoms with Crippen molar-refractivity contribution in [3.63, 3.8) is 0 Å². The van der Waals surface area contributed by atoms with Gasteiger partial charge in [0.05, 0.1) is 18.5 Å². The van der Waals surface area contributed by atoms with Crippen molar-refractivity contribution in [2.75, 3.05) is 33.4 Å². The van der Waals surface area contributed by atoms with Crippen molar-refractivity contribution in [2.24, 2.45) is 11.8 Å². The SMILES string of the molecule is CN1CCN(CN2C(=O)[C@H]3CC=CC[C@H]3C2=O)[C@H](c2ccccc2)C1. The summed E-state index contributed by atoms with van der Waals surface area (Å²) in [7, 11) is 2.12. The lowest BCUT2D eigenvalue weighted by Gasteiger charge is -2.41. The maximum Gasteiger partial charge on any atom is 0.234 e. The average molecular weight is 339 g/mol. The highest BCUT2D eigenvalue weighted by atomic mass is 16.2. The van der Waals surface area contributed by atoms with Crippen LogP contribution in [0.25, 0.3) is 0 Å². The summed E-state index contributed by atoms with van der Waals surface area (Å²) in [4.78, 5) is 31.6. The third kappa shape index (κ3) is 3.02. The van der Waals surface area contributed by atoms with E-state index in [1.165, 1.54) is 10.5 Å². The number of hydrogen-bond donors (Lipinski definition) is 0. The minimum absolute atomic E-state index is 0.0186. The van der Waals surface area contributed by atoms with E-state index >= 15 is 0 Å². The molecule has 1 aromatic rings. The third-order valence-electron chi connectivity index (χ3n) is 5.80. The highest BCUT2D eigenvalue weighted by Gasteiger charge is 2.48. The quantitative estimate of drug-likeness (QED) is 0.623. The molecule has 3 atom stereocenters. The van der Waals surface area contributed by atoms with Crippen LogP contribution >= 0.6 is 0 Å². The highest BCUT2D eigenvalue weighted by molar-refractivity contribution is 6.05. The first-order valence-electron chi connectivity index (χ1n) is 9.13. The molecule has 2 aliphatic heterocycles. The van der Waals surface area contributed by atoms with E-state index in [0.29, 0.717) is 19.5 Å². The molecule has 25 heavy (non-hydrogen) atoms. The molecular formula is C20H25N3O2. The number of imide groups is 1. The summed E-state index contributed by atoms with van der Waals surface area (Å²) in [5.41, 5.74) is 1.24. The lowest BCUT2D eigenvalue weighted by Crippen LogP contribution is -2.51. The van der Waals surface area contributed by atoms with Crippen molar-refractivity contribution in [3.8, 4) is 0 Å². The molecule has 5 nitrogen and oxygen atoms in total. The number of carbonyl (C=O) groups excluding carboxylic acids is 2. The molecule has 0 bridgehead atoms. The van der Waals surface area contributed by atoms with Gasteiger partial charge in [-0.1, -0.05) is 42.5 Å². The number of likely N-dealkylation sites (tertiary alicyclic amines) is 1. The van der Waals surface area contributed by atoms with Crippen molar-refractivity contribution in [3.05, 3.63) is 48.0 Å². The van der Waals surface area contributed by atoms with Crippen LogP contribution in [0, 0.1) is 11.8 Å². The molecule has 4 rings (SSSR count). The molecule has 3 aliphatic rings. The predicted octanol–water partition coefficient (Wildman–Crippen LogP) is 1.88. The Morgan fingerprint density at radius 3 is 2.24 bits per heavy atom. The second-order valence-corrected chi connectivity index (χ2v) is 7.40. The maximum absolute atomic E-state index is 12.8. The van der Waals surface area contributed by atoms with Crippen LogP contribution in [0.1, 0.15) is 24.4 Å². The van der Waals surface area contributed by atoms with Gasteiger partial charge in [0, 0.05) is 25.7 Å². The average Bonchev–Trinajstić information content (AvgIpc) is 2.89. The minimum Gasteiger partial charge on any atom is -0.303 e. The number of piperazine rings is 1.